The van der Waals surface area contributed by atoms with Crippen LogP contribution in [0.2, 0.25) is 0 Å². The van der Waals surface area contributed by atoms with Gasteiger partial charge in [-0.3, -0.25) is 10.1 Å². The molecule has 0 fully saturated rings. The number of halogens is 3. The minimum Gasteiger partial charge on any atom is -0.453 e. The number of rotatable bonds is 1. The van der Waals surface area contributed by atoms with Crippen LogP contribution in [0.4, 0.5) is 23.7 Å². The van der Waals surface area contributed by atoms with Gasteiger partial charge in [-0.2, -0.15) is 13.2 Å². The van der Waals surface area contributed by atoms with Crippen molar-refractivity contribution in [3.05, 3.63) is 40.2 Å². The Morgan fingerprint density at radius 2 is 2.00 bits per heavy atom. The Hall–Kier alpha value is -2.51. The molecular weight excluding hydrogens is 279 g/mol. The van der Waals surface area contributed by atoms with Crippen LogP contribution in [0.1, 0.15) is 5.76 Å². The van der Waals surface area contributed by atoms with Crippen molar-refractivity contribution in [3.63, 3.8) is 0 Å². The van der Waals surface area contributed by atoms with Gasteiger partial charge in [0.2, 0.25) is 5.76 Å². The maximum absolute atomic E-state index is 12.5. The van der Waals surface area contributed by atoms with Crippen molar-refractivity contribution < 1.29 is 27.1 Å². The Balaban J connectivity index is 2.52. The molecule has 1 N–H and O–H groups in total. The van der Waals surface area contributed by atoms with Gasteiger partial charge in [-0.15, -0.1) is 0 Å². The smallest absolute Gasteiger partial charge is 0.449 e. The van der Waals surface area contributed by atoms with Crippen LogP contribution >= 0.6 is 0 Å². The van der Waals surface area contributed by atoms with Crippen LogP contribution in [0.3, 0.4) is 0 Å². The van der Waals surface area contributed by atoms with Crippen molar-refractivity contribution in [3.8, 4) is 0 Å². The zero-order chi connectivity index (χ0) is 14.9. The molecule has 0 aliphatic rings. The molecule has 20 heavy (non-hydrogen) atoms. The molecule has 0 aliphatic heterocycles. The molecule has 0 aliphatic carbocycles. The van der Waals surface area contributed by atoms with Crippen LogP contribution in [0.15, 0.2) is 33.5 Å². The Morgan fingerprint density at radius 1 is 1.30 bits per heavy atom. The highest BCUT2D eigenvalue weighted by molar-refractivity contribution is 5.89. The van der Waals surface area contributed by atoms with Gasteiger partial charge in [0.05, 0.1) is 12.5 Å². The highest BCUT2D eigenvalue weighted by Gasteiger charge is 2.34. The zero-order valence-corrected chi connectivity index (χ0v) is 10.1. The summed E-state index contributed by atoms with van der Waals surface area (Å²) in [6.07, 6.45) is -5.50. The van der Waals surface area contributed by atoms with Crippen molar-refractivity contribution in [1.29, 1.82) is 0 Å². The van der Waals surface area contributed by atoms with Crippen LogP contribution < -0.4 is 10.7 Å². The molecule has 2 aromatic rings. The molecule has 0 unspecified atom stereocenters. The van der Waals surface area contributed by atoms with Crippen LogP contribution in [0.5, 0.6) is 0 Å². The minimum atomic E-state index is -4.74. The van der Waals surface area contributed by atoms with E-state index in [1.54, 1.807) is 0 Å². The van der Waals surface area contributed by atoms with E-state index in [2.05, 4.69) is 14.5 Å². The Kier molecular flexibility index (Phi) is 3.39. The van der Waals surface area contributed by atoms with Crippen LogP contribution in [0, 0.1) is 0 Å². The zero-order valence-electron chi connectivity index (χ0n) is 10.1. The Bertz CT molecular complexity index is 721. The van der Waals surface area contributed by atoms with Crippen LogP contribution in [-0.2, 0) is 10.9 Å². The van der Waals surface area contributed by atoms with Gasteiger partial charge in [0.15, 0.2) is 5.43 Å². The highest BCUT2D eigenvalue weighted by Crippen LogP contribution is 2.30. The molecule has 0 atom stereocenters. The van der Waals surface area contributed by atoms with E-state index in [-0.39, 0.29) is 16.7 Å². The first-order valence-electron chi connectivity index (χ1n) is 5.31. The summed E-state index contributed by atoms with van der Waals surface area (Å²) in [5.41, 5.74) is -0.872. The van der Waals surface area contributed by atoms with E-state index >= 15 is 0 Å². The fourth-order valence-electron chi connectivity index (χ4n) is 1.54. The normalized spacial score (nSPS) is 11.4. The number of ether oxygens (including phenoxy) is 1. The van der Waals surface area contributed by atoms with Gasteiger partial charge < -0.3 is 9.15 Å². The van der Waals surface area contributed by atoms with Gasteiger partial charge in [-0.25, -0.2) is 4.79 Å². The Labute approximate surface area is 109 Å². The summed E-state index contributed by atoms with van der Waals surface area (Å²) in [5.74, 6) is -1.37. The second-order valence-corrected chi connectivity index (χ2v) is 3.80. The quantitative estimate of drug-likeness (QED) is 0.875. The SMILES string of the molecule is COC(=O)Nc1ccc2oc(C(F)(F)F)cc(=O)c2c1. The monoisotopic (exact) mass is 287 g/mol. The first-order chi connectivity index (χ1) is 9.31. The van der Waals surface area contributed by atoms with Crippen molar-refractivity contribution in [2.45, 2.75) is 6.18 Å². The molecule has 0 bridgehead atoms. The second-order valence-electron chi connectivity index (χ2n) is 3.80. The number of hydrogen-bond acceptors (Lipinski definition) is 4. The molecule has 8 heteroatoms. The molecule has 5 nitrogen and oxygen atoms in total. The fourth-order valence-corrected chi connectivity index (χ4v) is 1.54. The van der Waals surface area contributed by atoms with Gasteiger partial charge in [-0.05, 0) is 18.2 Å². The first kappa shape index (κ1) is 13.9. The summed E-state index contributed by atoms with van der Waals surface area (Å²) >= 11 is 0. The molecule has 0 radical (unpaired) electrons. The van der Waals surface area contributed by atoms with Gasteiger partial charge >= 0.3 is 12.3 Å². The van der Waals surface area contributed by atoms with Crippen molar-refractivity contribution in [2.24, 2.45) is 0 Å². The summed E-state index contributed by atoms with van der Waals surface area (Å²) in [5, 5.41) is 2.21. The minimum absolute atomic E-state index is 0.0769. The molecule has 1 aromatic carbocycles. The Morgan fingerprint density at radius 3 is 2.60 bits per heavy atom. The van der Waals surface area contributed by atoms with Gasteiger partial charge in [0.1, 0.15) is 5.58 Å². The van der Waals surface area contributed by atoms with Crippen molar-refractivity contribution in [1.82, 2.24) is 0 Å². The third-order valence-corrected chi connectivity index (χ3v) is 2.44. The highest BCUT2D eigenvalue weighted by atomic mass is 19.4. The van der Waals surface area contributed by atoms with E-state index in [0.717, 1.165) is 13.2 Å². The second kappa shape index (κ2) is 4.87. The summed E-state index contributed by atoms with van der Waals surface area (Å²) in [4.78, 5) is 22.7. The molecule has 1 heterocycles. The number of hydrogen-bond donors (Lipinski definition) is 1. The number of methoxy groups -OCH3 is 1. The largest absolute Gasteiger partial charge is 0.453 e. The lowest BCUT2D eigenvalue weighted by Gasteiger charge is -2.07. The summed E-state index contributed by atoms with van der Waals surface area (Å²) < 4.78 is 46.4. The summed E-state index contributed by atoms with van der Waals surface area (Å²) in [7, 11) is 1.15. The predicted molar refractivity (Wildman–Crippen MR) is 63.5 cm³/mol. The predicted octanol–water partition coefficient (Wildman–Crippen LogP) is 2.99. The summed E-state index contributed by atoms with van der Waals surface area (Å²) in [6, 6.07) is 4.03. The number of benzene rings is 1. The molecule has 106 valence electrons. The number of alkyl halides is 3. The lowest BCUT2D eigenvalue weighted by atomic mass is 10.2. The standard InChI is InChI=1S/C12H8F3NO4/c1-19-11(18)16-6-2-3-9-7(4-6)8(17)5-10(20-9)12(13,14)15/h2-5H,1H3,(H,16,18). The molecule has 0 saturated carbocycles. The number of carbonyl (C=O) groups is 1. The van der Waals surface area contributed by atoms with E-state index in [4.69, 9.17) is 0 Å². The lowest BCUT2D eigenvalue weighted by Crippen LogP contribution is -2.13. The van der Waals surface area contributed by atoms with Crippen LogP contribution in [-0.4, -0.2) is 13.2 Å². The molecule has 1 aromatic heterocycles. The van der Waals surface area contributed by atoms with Crippen LogP contribution in [0.25, 0.3) is 11.0 Å². The van der Waals surface area contributed by atoms with E-state index in [9.17, 15) is 22.8 Å². The number of carbonyl (C=O) groups excluding carboxylic acids is 1. The van der Waals surface area contributed by atoms with E-state index in [1.165, 1.54) is 12.1 Å². The third-order valence-electron chi connectivity index (χ3n) is 2.44. The maximum atomic E-state index is 12.5. The average Bonchev–Trinajstić information content (AvgIpc) is 2.38. The maximum Gasteiger partial charge on any atom is 0.449 e. The van der Waals surface area contributed by atoms with Gasteiger partial charge in [-0.1, -0.05) is 0 Å². The van der Waals surface area contributed by atoms with E-state index < -0.39 is 23.5 Å². The molecular formula is C12H8F3NO4. The fraction of sp³-hybridized carbons (Fsp3) is 0.167. The number of anilines is 1. The first-order valence-corrected chi connectivity index (χ1v) is 5.31. The molecule has 0 spiro atoms. The lowest BCUT2D eigenvalue weighted by molar-refractivity contribution is -0.152. The van der Waals surface area contributed by atoms with Crippen molar-refractivity contribution >= 4 is 22.7 Å². The summed E-state index contributed by atoms with van der Waals surface area (Å²) in [6.45, 7) is 0. The van der Waals surface area contributed by atoms with Crippen molar-refractivity contribution in [2.75, 3.05) is 12.4 Å². The van der Waals surface area contributed by atoms with Gasteiger partial charge in [0.25, 0.3) is 0 Å². The number of nitrogens with one attached hydrogen (secondary N) is 1. The number of amides is 1. The van der Waals surface area contributed by atoms with E-state index in [0.29, 0.717) is 6.07 Å². The van der Waals surface area contributed by atoms with E-state index in [1.807, 2.05) is 0 Å². The topological polar surface area (TPSA) is 68.5 Å². The third kappa shape index (κ3) is 2.73. The number of fused-ring (bicyclic) bond motifs is 1. The molecule has 0 saturated heterocycles. The molecule has 1 amide bonds. The average molecular weight is 287 g/mol. The van der Waals surface area contributed by atoms with Gasteiger partial charge in [0, 0.05) is 11.8 Å². The molecule has 2 rings (SSSR count).